The molecule has 1 fully saturated rings. The molecule has 4 nitrogen and oxygen atoms in total. The van der Waals surface area contributed by atoms with Crippen LogP contribution in [-0.2, 0) is 14.3 Å². The number of methoxy groups -OCH3 is 1. The van der Waals surface area contributed by atoms with Crippen LogP contribution in [0.1, 0.15) is 39.5 Å². The second-order valence-corrected chi connectivity index (χ2v) is 4.58. The largest absolute Gasteiger partial charge is 0.469 e. The van der Waals surface area contributed by atoms with Gasteiger partial charge in [-0.3, -0.25) is 9.59 Å². The molecule has 0 radical (unpaired) electrons. The molecule has 1 rings (SSSR count). The van der Waals surface area contributed by atoms with Crippen molar-refractivity contribution >= 4 is 11.9 Å². The Morgan fingerprint density at radius 1 is 1.38 bits per heavy atom. The number of carbonyl (C=O) groups is 2. The fourth-order valence-corrected chi connectivity index (χ4v) is 1.83. The molecule has 0 aliphatic heterocycles. The predicted molar refractivity (Wildman–Crippen MR) is 60.8 cm³/mol. The molecular weight excluding hydrogens is 206 g/mol. The highest BCUT2D eigenvalue weighted by atomic mass is 16.5. The molecule has 0 saturated heterocycles. The summed E-state index contributed by atoms with van der Waals surface area (Å²) >= 11 is 0. The Labute approximate surface area is 96.9 Å². The summed E-state index contributed by atoms with van der Waals surface area (Å²) < 4.78 is 4.58. The molecule has 0 aromatic heterocycles. The monoisotopic (exact) mass is 227 g/mol. The number of amides is 1. The zero-order chi connectivity index (χ0) is 12.1. The van der Waals surface area contributed by atoms with Gasteiger partial charge in [-0.25, -0.2) is 0 Å². The molecule has 1 amide bonds. The molecule has 0 bridgehead atoms. The van der Waals surface area contributed by atoms with Gasteiger partial charge in [-0.05, 0) is 26.7 Å². The van der Waals surface area contributed by atoms with E-state index in [0.717, 1.165) is 19.3 Å². The Balaban J connectivity index is 2.46. The minimum atomic E-state index is -0.257. The van der Waals surface area contributed by atoms with Crippen LogP contribution in [0.3, 0.4) is 0 Å². The highest BCUT2D eigenvalue weighted by Crippen LogP contribution is 2.28. The fourth-order valence-electron chi connectivity index (χ4n) is 1.83. The van der Waals surface area contributed by atoms with E-state index >= 15 is 0 Å². The summed E-state index contributed by atoms with van der Waals surface area (Å²) in [5.41, 5.74) is 0. The molecule has 4 heteroatoms. The van der Waals surface area contributed by atoms with Gasteiger partial charge in [0, 0.05) is 18.5 Å². The molecule has 1 aliphatic rings. The number of ether oxygens (including phenoxy) is 1. The van der Waals surface area contributed by atoms with E-state index in [4.69, 9.17) is 0 Å². The molecular formula is C12H21NO3. The first-order valence-electron chi connectivity index (χ1n) is 5.93. The number of carbonyl (C=O) groups excluding carboxylic acids is 2. The summed E-state index contributed by atoms with van der Waals surface area (Å²) in [6, 6.07) is 0.151. The van der Waals surface area contributed by atoms with Crippen LogP contribution in [0.2, 0.25) is 0 Å². The lowest BCUT2D eigenvalue weighted by Crippen LogP contribution is -2.44. The van der Waals surface area contributed by atoms with Crippen LogP contribution >= 0.6 is 0 Å². The highest BCUT2D eigenvalue weighted by Gasteiger charge is 2.30. The van der Waals surface area contributed by atoms with Crippen molar-refractivity contribution in [2.75, 3.05) is 13.7 Å². The molecule has 1 saturated carbocycles. The second-order valence-electron chi connectivity index (χ2n) is 4.58. The average molecular weight is 227 g/mol. The van der Waals surface area contributed by atoms with Crippen LogP contribution in [0.15, 0.2) is 0 Å². The maximum Gasteiger partial charge on any atom is 0.307 e. The van der Waals surface area contributed by atoms with Crippen LogP contribution in [0.25, 0.3) is 0 Å². The van der Waals surface area contributed by atoms with Crippen LogP contribution < -0.4 is 0 Å². The first kappa shape index (κ1) is 13.0. The van der Waals surface area contributed by atoms with Gasteiger partial charge in [0.2, 0.25) is 5.91 Å². The second kappa shape index (κ2) is 5.87. The van der Waals surface area contributed by atoms with Gasteiger partial charge in [0.15, 0.2) is 0 Å². The van der Waals surface area contributed by atoms with Crippen LogP contribution in [0, 0.1) is 5.92 Å². The van der Waals surface area contributed by atoms with Gasteiger partial charge in [-0.2, -0.15) is 0 Å². The van der Waals surface area contributed by atoms with E-state index < -0.39 is 0 Å². The number of hydrogen-bond acceptors (Lipinski definition) is 3. The summed E-state index contributed by atoms with van der Waals surface area (Å²) in [4.78, 5) is 24.9. The highest BCUT2D eigenvalue weighted by molar-refractivity contribution is 5.80. The zero-order valence-corrected chi connectivity index (χ0v) is 10.4. The van der Waals surface area contributed by atoms with Gasteiger partial charge in [-0.1, -0.05) is 6.42 Å². The Kier molecular flexibility index (Phi) is 4.77. The Bertz CT molecular complexity index is 259. The summed E-state index contributed by atoms with van der Waals surface area (Å²) in [5.74, 6) is 0.136. The van der Waals surface area contributed by atoms with E-state index in [0.29, 0.717) is 6.54 Å². The first-order chi connectivity index (χ1) is 7.56. The molecule has 1 aliphatic carbocycles. The topological polar surface area (TPSA) is 46.6 Å². The summed E-state index contributed by atoms with van der Waals surface area (Å²) in [6.45, 7) is 4.43. The van der Waals surface area contributed by atoms with Gasteiger partial charge < -0.3 is 9.64 Å². The lowest BCUT2D eigenvalue weighted by Gasteiger charge is -2.34. The third kappa shape index (κ3) is 3.22. The molecule has 0 aromatic rings. The standard InChI is InChI=1S/C12H21NO3/c1-9(2)13(8-7-11(14)16-3)12(15)10-5-4-6-10/h9-10H,4-8H2,1-3H3. The number of esters is 1. The van der Waals surface area contributed by atoms with Gasteiger partial charge in [0.05, 0.1) is 13.5 Å². The molecule has 0 N–H and O–H groups in total. The third-order valence-electron chi connectivity index (χ3n) is 3.15. The van der Waals surface area contributed by atoms with Crippen molar-refractivity contribution in [3.05, 3.63) is 0 Å². The Hall–Kier alpha value is -1.06. The molecule has 0 heterocycles. The smallest absolute Gasteiger partial charge is 0.307 e. The predicted octanol–water partition coefficient (Wildman–Crippen LogP) is 1.59. The lowest BCUT2D eigenvalue weighted by molar-refractivity contribution is -0.144. The van der Waals surface area contributed by atoms with E-state index in [1.165, 1.54) is 7.11 Å². The van der Waals surface area contributed by atoms with Crippen molar-refractivity contribution in [2.24, 2.45) is 5.92 Å². The number of nitrogens with zero attached hydrogens (tertiary/aromatic N) is 1. The van der Waals surface area contributed by atoms with E-state index in [9.17, 15) is 9.59 Å². The summed E-state index contributed by atoms with van der Waals surface area (Å²) in [7, 11) is 1.37. The van der Waals surface area contributed by atoms with Gasteiger partial charge in [0.25, 0.3) is 0 Å². The maximum absolute atomic E-state index is 12.0. The van der Waals surface area contributed by atoms with Crippen LogP contribution in [-0.4, -0.2) is 36.5 Å². The molecule has 16 heavy (non-hydrogen) atoms. The fraction of sp³-hybridized carbons (Fsp3) is 0.833. The van der Waals surface area contributed by atoms with Crippen molar-refractivity contribution in [3.8, 4) is 0 Å². The zero-order valence-electron chi connectivity index (χ0n) is 10.4. The van der Waals surface area contributed by atoms with E-state index in [2.05, 4.69) is 4.74 Å². The minimum absolute atomic E-state index is 0.151. The normalized spacial score (nSPS) is 15.8. The SMILES string of the molecule is COC(=O)CCN(C(=O)C1CCC1)C(C)C. The van der Waals surface area contributed by atoms with Crippen LogP contribution in [0.5, 0.6) is 0 Å². The minimum Gasteiger partial charge on any atom is -0.469 e. The van der Waals surface area contributed by atoms with Crippen molar-refractivity contribution < 1.29 is 14.3 Å². The molecule has 0 unspecified atom stereocenters. The first-order valence-corrected chi connectivity index (χ1v) is 5.93. The van der Waals surface area contributed by atoms with Crippen molar-refractivity contribution in [1.82, 2.24) is 4.90 Å². The lowest BCUT2D eigenvalue weighted by atomic mass is 9.84. The number of rotatable bonds is 5. The van der Waals surface area contributed by atoms with Gasteiger partial charge >= 0.3 is 5.97 Å². The van der Waals surface area contributed by atoms with Crippen molar-refractivity contribution in [3.63, 3.8) is 0 Å². The van der Waals surface area contributed by atoms with E-state index in [1.807, 2.05) is 13.8 Å². The van der Waals surface area contributed by atoms with E-state index in [1.54, 1.807) is 4.90 Å². The van der Waals surface area contributed by atoms with Gasteiger partial charge in [-0.15, -0.1) is 0 Å². The summed E-state index contributed by atoms with van der Waals surface area (Å²) in [6.07, 6.45) is 3.44. The number of hydrogen-bond donors (Lipinski definition) is 0. The average Bonchev–Trinajstić information content (AvgIpc) is 2.14. The molecule has 0 spiro atoms. The van der Waals surface area contributed by atoms with E-state index in [-0.39, 0.29) is 30.3 Å². The maximum atomic E-state index is 12.0. The molecule has 92 valence electrons. The molecule has 0 atom stereocenters. The van der Waals surface area contributed by atoms with Crippen molar-refractivity contribution in [2.45, 2.75) is 45.6 Å². The molecule has 0 aromatic carbocycles. The Morgan fingerprint density at radius 3 is 2.38 bits per heavy atom. The quantitative estimate of drug-likeness (QED) is 0.670. The summed E-state index contributed by atoms with van der Waals surface area (Å²) in [5, 5.41) is 0. The van der Waals surface area contributed by atoms with Crippen LogP contribution in [0.4, 0.5) is 0 Å². The third-order valence-corrected chi connectivity index (χ3v) is 3.15. The Morgan fingerprint density at radius 2 is 2.00 bits per heavy atom. The van der Waals surface area contributed by atoms with Crippen molar-refractivity contribution in [1.29, 1.82) is 0 Å². The van der Waals surface area contributed by atoms with Gasteiger partial charge in [0.1, 0.15) is 0 Å².